The summed E-state index contributed by atoms with van der Waals surface area (Å²) in [5.41, 5.74) is 1.37. The topological polar surface area (TPSA) is 77.3 Å². The molecule has 0 radical (unpaired) electrons. The highest BCUT2D eigenvalue weighted by Crippen LogP contribution is 2.34. The molecule has 2 aromatic heterocycles. The number of ether oxygens (including phenoxy) is 3. The van der Waals surface area contributed by atoms with E-state index in [1.807, 2.05) is 36.4 Å². The van der Waals surface area contributed by atoms with Crippen LogP contribution in [0.4, 0.5) is 5.13 Å². The Bertz CT molecular complexity index is 1300. The lowest BCUT2D eigenvalue weighted by Crippen LogP contribution is -2.39. The largest absolute Gasteiger partial charge is 0.497 e. The third kappa shape index (κ3) is 5.38. The van der Waals surface area contributed by atoms with Crippen LogP contribution in [-0.2, 0) is 4.74 Å². The summed E-state index contributed by atoms with van der Waals surface area (Å²) < 4.78 is 23.2. The van der Waals surface area contributed by atoms with Crippen molar-refractivity contribution in [3.63, 3.8) is 0 Å². The molecule has 0 atom stereocenters. The zero-order valence-corrected chi connectivity index (χ0v) is 21.3. The number of hydrogen-bond donors (Lipinski definition) is 0. The van der Waals surface area contributed by atoms with Gasteiger partial charge in [0, 0.05) is 37.6 Å². The minimum absolute atomic E-state index is 0. The van der Waals surface area contributed by atoms with Crippen LogP contribution >= 0.6 is 23.7 Å². The van der Waals surface area contributed by atoms with E-state index in [0.717, 1.165) is 60.6 Å². The number of fused-ring (bicyclic) bond motifs is 2. The second-order valence-corrected chi connectivity index (χ2v) is 9.09. The number of morpholine rings is 1. The maximum Gasteiger partial charge on any atom is 0.295 e. The highest BCUT2D eigenvalue weighted by molar-refractivity contribution is 7.22. The fourth-order valence-electron chi connectivity index (χ4n) is 4.13. The van der Waals surface area contributed by atoms with Crippen molar-refractivity contribution in [2.45, 2.75) is 6.42 Å². The first-order valence-corrected chi connectivity index (χ1v) is 12.1. The van der Waals surface area contributed by atoms with Crippen molar-refractivity contribution in [3.8, 4) is 11.5 Å². The molecule has 5 rings (SSSR count). The molecule has 8 nitrogen and oxygen atoms in total. The Labute approximate surface area is 213 Å². The van der Waals surface area contributed by atoms with Gasteiger partial charge in [-0.3, -0.25) is 14.6 Å². The molecule has 0 aliphatic carbocycles. The molecular weight excluding hydrogens is 490 g/mol. The minimum atomic E-state index is -0.216. The maximum absolute atomic E-state index is 13.7. The average Bonchev–Trinajstić information content (AvgIpc) is 3.50. The fourth-order valence-corrected chi connectivity index (χ4v) is 5.10. The number of rotatable bonds is 8. The number of nitrogens with zero attached hydrogens (tertiary/aromatic N) is 3. The molecule has 3 heterocycles. The van der Waals surface area contributed by atoms with Crippen LogP contribution in [0.3, 0.4) is 0 Å². The van der Waals surface area contributed by atoms with Gasteiger partial charge in [-0.15, -0.1) is 12.4 Å². The lowest BCUT2D eigenvalue weighted by molar-refractivity contribution is 0.0376. The average molecular weight is 518 g/mol. The van der Waals surface area contributed by atoms with Gasteiger partial charge in [-0.1, -0.05) is 23.5 Å². The van der Waals surface area contributed by atoms with E-state index in [0.29, 0.717) is 23.0 Å². The van der Waals surface area contributed by atoms with Crippen LogP contribution in [0.25, 0.3) is 21.2 Å². The Hall–Kier alpha value is -2.85. The number of furan rings is 1. The van der Waals surface area contributed by atoms with Crippen molar-refractivity contribution in [2.24, 2.45) is 0 Å². The summed E-state index contributed by atoms with van der Waals surface area (Å²) in [6.45, 7) is 4.75. The molecule has 0 saturated carbocycles. The first-order valence-electron chi connectivity index (χ1n) is 11.3. The summed E-state index contributed by atoms with van der Waals surface area (Å²) in [7, 11) is 3.22. The Morgan fingerprint density at radius 2 is 1.97 bits per heavy atom. The standard InChI is InChI=1S/C25H27N3O5S.ClH/c1-30-18-7-8-22-19(16-18)26-25(34-22)28(10-4-9-27-11-13-32-14-12-27)24(29)21-15-17-5-3-6-20(31-2)23(17)33-21;/h3,5-8,15-16H,4,9-14H2,1-2H3;1H. The van der Waals surface area contributed by atoms with Crippen LogP contribution in [0.5, 0.6) is 11.5 Å². The van der Waals surface area contributed by atoms with Crippen molar-refractivity contribution in [3.05, 3.63) is 48.2 Å². The van der Waals surface area contributed by atoms with Crippen molar-refractivity contribution in [1.82, 2.24) is 9.88 Å². The molecule has 0 spiro atoms. The summed E-state index contributed by atoms with van der Waals surface area (Å²) in [6.07, 6.45) is 0.814. The summed E-state index contributed by atoms with van der Waals surface area (Å²) in [5, 5.41) is 1.47. The van der Waals surface area contributed by atoms with Crippen molar-refractivity contribution >= 4 is 56.0 Å². The zero-order valence-electron chi connectivity index (χ0n) is 19.7. The van der Waals surface area contributed by atoms with Crippen molar-refractivity contribution < 1.29 is 23.4 Å². The van der Waals surface area contributed by atoms with E-state index in [4.69, 9.17) is 23.6 Å². The fraction of sp³-hybridized carbons (Fsp3) is 0.360. The molecule has 1 aliphatic rings. The van der Waals surface area contributed by atoms with Crippen LogP contribution in [0.1, 0.15) is 17.0 Å². The van der Waals surface area contributed by atoms with Gasteiger partial charge >= 0.3 is 0 Å². The smallest absolute Gasteiger partial charge is 0.295 e. The predicted molar refractivity (Wildman–Crippen MR) is 140 cm³/mol. The molecular formula is C25H28ClN3O5S. The van der Waals surface area contributed by atoms with Crippen LogP contribution in [0.15, 0.2) is 46.9 Å². The van der Waals surface area contributed by atoms with Crippen molar-refractivity contribution in [2.75, 3.05) is 58.5 Å². The quantitative estimate of drug-likeness (QED) is 0.330. The number of para-hydroxylation sites is 1. The molecule has 0 bridgehead atoms. The molecule has 10 heteroatoms. The van der Waals surface area contributed by atoms with Crippen LogP contribution in [-0.4, -0.2) is 69.4 Å². The van der Waals surface area contributed by atoms with E-state index in [2.05, 4.69) is 4.90 Å². The molecule has 0 unspecified atom stereocenters. The molecule has 4 aromatic rings. The van der Waals surface area contributed by atoms with Gasteiger partial charge in [-0.05, 0) is 30.7 Å². The van der Waals surface area contributed by atoms with E-state index in [1.165, 1.54) is 11.3 Å². The number of carbonyl (C=O) groups excluding carboxylic acids is 1. The number of methoxy groups -OCH3 is 2. The molecule has 186 valence electrons. The summed E-state index contributed by atoms with van der Waals surface area (Å²) in [4.78, 5) is 22.5. The van der Waals surface area contributed by atoms with Crippen LogP contribution in [0, 0.1) is 0 Å². The molecule has 1 aliphatic heterocycles. The van der Waals surface area contributed by atoms with Gasteiger partial charge < -0.3 is 18.6 Å². The van der Waals surface area contributed by atoms with Gasteiger partial charge in [-0.25, -0.2) is 4.98 Å². The Kier molecular flexibility index (Phi) is 8.12. The monoisotopic (exact) mass is 517 g/mol. The van der Waals surface area contributed by atoms with Crippen molar-refractivity contribution in [1.29, 1.82) is 0 Å². The molecule has 35 heavy (non-hydrogen) atoms. The summed E-state index contributed by atoms with van der Waals surface area (Å²) >= 11 is 1.49. The second-order valence-electron chi connectivity index (χ2n) is 8.08. The molecule has 1 amide bonds. The third-order valence-corrected chi connectivity index (χ3v) is 7.02. The normalized spacial score (nSPS) is 14.1. The Morgan fingerprint density at radius 1 is 1.14 bits per heavy atom. The van der Waals surface area contributed by atoms with E-state index >= 15 is 0 Å². The van der Waals surface area contributed by atoms with E-state index in [9.17, 15) is 4.79 Å². The molecule has 1 fully saturated rings. The number of thiazole rings is 1. The second kappa shape index (κ2) is 11.3. The highest BCUT2D eigenvalue weighted by Gasteiger charge is 2.25. The summed E-state index contributed by atoms with van der Waals surface area (Å²) in [6, 6.07) is 13.1. The van der Waals surface area contributed by atoms with Gasteiger partial charge in [0.15, 0.2) is 22.2 Å². The molecule has 1 saturated heterocycles. The zero-order chi connectivity index (χ0) is 23.5. The van der Waals surface area contributed by atoms with Gasteiger partial charge in [0.05, 0.1) is 37.6 Å². The number of aromatic nitrogens is 1. The van der Waals surface area contributed by atoms with Gasteiger partial charge in [-0.2, -0.15) is 0 Å². The number of carbonyl (C=O) groups is 1. The first kappa shape index (κ1) is 25.2. The number of amides is 1. The van der Waals surface area contributed by atoms with Gasteiger partial charge in [0.2, 0.25) is 0 Å². The maximum atomic E-state index is 13.7. The van der Waals surface area contributed by atoms with Crippen LogP contribution < -0.4 is 14.4 Å². The Balaban J connectivity index is 0.00000289. The summed E-state index contributed by atoms with van der Waals surface area (Å²) in [5.74, 6) is 1.38. The molecule has 0 N–H and O–H groups in total. The lowest BCUT2D eigenvalue weighted by atomic mass is 10.2. The van der Waals surface area contributed by atoms with E-state index < -0.39 is 0 Å². The predicted octanol–water partition coefficient (Wildman–Crippen LogP) is 4.85. The minimum Gasteiger partial charge on any atom is -0.497 e. The first-order chi connectivity index (χ1) is 16.7. The van der Waals surface area contributed by atoms with E-state index in [1.54, 1.807) is 25.2 Å². The van der Waals surface area contributed by atoms with Gasteiger partial charge in [0.1, 0.15) is 5.75 Å². The SMILES string of the molecule is COc1ccc2sc(N(CCCN3CCOCC3)C(=O)c3cc4cccc(OC)c4o3)nc2c1.Cl. The Morgan fingerprint density at radius 3 is 2.74 bits per heavy atom. The number of anilines is 1. The number of halogens is 1. The molecule has 2 aromatic carbocycles. The van der Waals surface area contributed by atoms with E-state index in [-0.39, 0.29) is 24.1 Å². The highest BCUT2D eigenvalue weighted by atomic mass is 35.5. The number of benzene rings is 2. The number of hydrogen-bond acceptors (Lipinski definition) is 8. The van der Waals surface area contributed by atoms with Crippen LogP contribution in [0.2, 0.25) is 0 Å². The lowest BCUT2D eigenvalue weighted by Gasteiger charge is -2.27. The third-order valence-electron chi connectivity index (χ3n) is 5.96. The van der Waals surface area contributed by atoms with Gasteiger partial charge in [0.25, 0.3) is 5.91 Å².